The van der Waals surface area contributed by atoms with Gasteiger partial charge in [-0.3, -0.25) is 0 Å². The highest BCUT2D eigenvalue weighted by Gasteiger charge is 2.57. The largest absolute Gasteiger partial charge is 0.310 e. The predicted octanol–water partition coefficient (Wildman–Crippen LogP) is 22.4. The highest BCUT2D eigenvalue weighted by atomic mass is 15.1. The summed E-state index contributed by atoms with van der Waals surface area (Å²) in [6, 6.07) is 115. The molecular formula is C88H56N2. The first kappa shape index (κ1) is 49.8. The lowest BCUT2D eigenvalue weighted by Crippen LogP contribution is -2.33. The fourth-order valence-corrected chi connectivity index (χ4v) is 18.0. The third-order valence-corrected chi connectivity index (χ3v) is 21.3. The number of para-hydroxylation sites is 3. The molecule has 14 aromatic carbocycles. The second-order valence-corrected chi connectivity index (χ2v) is 25.2. The van der Waals surface area contributed by atoms with Gasteiger partial charge in [0.15, 0.2) is 0 Å². The van der Waals surface area contributed by atoms with E-state index in [1.54, 1.807) is 0 Å². The van der Waals surface area contributed by atoms with Crippen molar-refractivity contribution in [3.05, 3.63) is 372 Å². The van der Waals surface area contributed by atoms with Crippen molar-refractivity contribution in [1.82, 2.24) is 4.57 Å². The molecule has 0 fully saturated rings. The minimum absolute atomic E-state index is 0.202. The Hall–Kier alpha value is -11.3. The van der Waals surface area contributed by atoms with Crippen LogP contribution in [0.4, 0.5) is 17.1 Å². The van der Waals surface area contributed by atoms with E-state index in [0.717, 1.165) is 22.7 Å². The monoisotopic (exact) mass is 1140 g/mol. The van der Waals surface area contributed by atoms with E-state index >= 15 is 0 Å². The normalized spacial score (nSPS) is 17.2. The highest BCUT2D eigenvalue weighted by Crippen LogP contribution is 2.67. The van der Waals surface area contributed by atoms with Crippen LogP contribution in [-0.4, -0.2) is 4.57 Å². The summed E-state index contributed by atoms with van der Waals surface area (Å²) in [6.07, 6.45) is 9.52. The van der Waals surface area contributed by atoms with Crippen molar-refractivity contribution in [1.29, 1.82) is 0 Å². The summed E-state index contributed by atoms with van der Waals surface area (Å²) in [7, 11) is 0. The summed E-state index contributed by atoms with van der Waals surface area (Å²) in [4.78, 5) is 2.54. The molecular weight excluding hydrogens is 1080 g/mol. The van der Waals surface area contributed by atoms with Gasteiger partial charge in [0.1, 0.15) is 0 Å². The molecule has 5 aliphatic carbocycles. The topological polar surface area (TPSA) is 8.17 Å². The molecule has 0 amide bonds. The number of fused-ring (bicyclic) bond motifs is 25. The molecule has 3 unspecified atom stereocenters. The molecule has 0 radical (unpaired) electrons. The van der Waals surface area contributed by atoms with Crippen LogP contribution < -0.4 is 4.90 Å². The van der Waals surface area contributed by atoms with Gasteiger partial charge in [0.2, 0.25) is 0 Å². The van der Waals surface area contributed by atoms with Gasteiger partial charge in [-0.1, -0.05) is 261 Å². The summed E-state index contributed by atoms with van der Waals surface area (Å²) in [5.74, 6) is 0.457. The van der Waals surface area contributed by atoms with Gasteiger partial charge in [0.25, 0.3) is 0 Å². The first-order valence-electron chi connectivity index (χ1n) is 31.7. The Morgan fingerprint density at radius 1 is 0.311 bits per heavy atom. The number of rotatable bonds is 6. The van der Waals surface area contributed by atoms with E-state index < -0.39 is 10.8 Å². The van der Waals surface area contributed by atoms with E-state index in [4.69, 9.17) is 0 Å². The zero-order valence-electron chi connectivity index (χ0n) is 49.2. The minimum Gasteiger partial charge on any atom is -0.310 e. The number of benzene rings is 14. The van der Waals surface area contributed by atoms with E-state index in [0.29, 0.717) is 0 Å². The van der Waals surface area contributed by atoms with Crippen LogP contribution in [0.5, 0.6) is 0 Å². The van der Waals surface area contributed by atoms with Crippen LogP contribution in [-0.2, 0) is 10.8 Å². The number of aromatic nitrogens is 1. The van der Waals surface area contributed by atoms with Crippen LogP contribution >= 0.6 is 0 Å². The van der Waals surface area contributed by atoms with Crippen LogP contribution in [0, 0.1) is 5.92 Å². The number of hydrogen-bond donors (Lipinski definition) is 0. The van der Waals surface area contributed by atoms with Crippen molar-refractivity contribution < 1.29 is 0 Å². The molecule has 90 heavy (non-hydrogen) atoms. The molecule has 0 saturated heterocycles. The lowest BCUT2D eigenvalue weighted by atomic mass is 9.65. The molecule has 2 spiro atoms. The van der Waals surface area contributed by atoms with Crippen LogP contribution in [0.1, 0.15) is 50.4 Å². The Morgan fingerprint density at radius 3 is 1.53 bits per heavy atom. The van der Waals surface area contributed by atoms with Crippen molar-refractivity contribution in [3.8, 4) is 61.3 Å². The number of allylic oxidation sites excluding steroid dienone is 4. The number of anilines is 3. The zero-order valence-corrected chi connectivity index (χ0v) is 49.2. The van der Waals surface area contributed by atoms with E-state index in [2.05, 4.69) is 337 Å². The maximum atomic E-state index is 2.63. The average Bonchev–Trinajstić information content (AvgIpc) is 1.49. The van der Waals surface area contributed by atoms with Gasteiger partial charge in [-0.05, 0) is 183 Å². The molecule has 0 saturated carbocycles. The predicted molar refractivity (Wildman–Crippen MR) is 374 cm³/mol. The van der Waals surface area contributed by atoms with Crippen LogP contribution in [0.2, 0.25) is 0 Å². The molecule has 3 atom stereocenters. The van der Waals surface area contributed by atoms with Crippen LogP contribution in [0.25, 0.3) is 105 Å². The minimum atomic E-state index is -0.503. The Labute approximate surface area is 522 Å². The summed E-state index contributed by atoms with van der Waals surface area (Å²) >= 11 is 0. The van der Waals surface area contributed by atoms with Crippen molar-refractivity contribution in [3.63, 3.8) is 0 Å². The van der Waals surface area contributed by atoms with Gasteiger partial charge in [-0.2, -0.15) is 0 Å². The van der Waals surface area contributed by atoms with Gasteiger partial charge in [-0.25, -0.2) is 0 Å². The average molecular weight is 1140 g/mol. The fraction of sp³-hybridized carbons (Fsp3) is 0.0455. The molecule has 5 aliphatic rings. The lowest BCUT2D eigenvalue weighted by molar-refractivity contribution is 0.465. The second kappa shape index (κ2) is 18.6. The molecule has 1 aromatic heterocycles. The van der Waals surface area contributed by atoms with Crippen molar-refractivity contribution in [2.24, 2.45) is 5.92 Å². The van der Waals surface area contributed by atoms with Crippen molar-refractivity contribution in [2.45, 2.75) is 16.7 Å². The maximum absolute atomic E-state index is 2.63. The zero-order chi connectivity index (χ0) is 58.8. The Kier molecular flexibility index (Phi) is 10.3. The van der Waals surface area contributed by atoms with E-state index in [1.165, 1.54) is 143 Å². The molecule has 0 bridgehead atoms. The number of nitrogens with zero attached hydrogens (tertiary/aromatic N) is 2. The third kappa shape index (κ3) is 6.41. The smallest absolute Gasteiger partial charge is 0.0725 e. The molecule has 15 aromatic rings. The molecule has 0 N–H and O–H groups in total. The van der Waals surface area contributed by atoms with Crippen molar-refractivity contribution >= 4 is 60.4 Å². The van der Waals surface area contributed by atoms with Gasteiger partial charge in [-0.15, -0.1) is 0 Å². The third-order valence-electron chi connectivity index (χ3n) is 21.3. The summed E-state index contributed by atoms with van der Waals surface area (Å²) < 4.78 is 2.42. The molecule has 418 valence electrons. The van der Waals surface area contributed by atoms with Crippen molar-refractivity contribution in [2.75, 3.05) is 4.90 Å². The first-order valence-corrected chi connectivity index (χ1v) is 31.7. The SMILES string of the molecule is C1=CC2c3ccccc3C3(c4ccccc4-c4ccc(-c5c6ccccc6c(-c6ccc7c(c6)C6(c8ccccc8-c8ccccc86)c6ccccc6-7)c6cccc(N(c7ccccc7)c7ccc8c(c7)c7ccccc7n8-c7ccccc7)c56)cc43)C2C=C1. The lowest BCUT2D eigenvalue weighted by Gasteiger charge is -2.36. The van der Waals surface area contributed by atoms with Crippen LogP contribution in [0.15, 0.2) is 328 Å². The Bertz CT molecular complexity index is 5580. The molecule has 2 nitrogen and oxygen atoms in total. The molecule has 0 aliphatic heterocycles. The van der Waals surface area contributed by atoms with Gasteiger partial charge in [0.05, 0.1) is 27.6 Å². The fourth-order valence-electron chi connectivity index (χ4n) is 18.0. The van der Waals surface area contributed by atoms with E-state index in [9.17, 15) is 0 Å². The van der Waals surface area contributed by atoms with Gasteiger partial charge < -0.3 is 9.47 Å². The first-order chi connectivity index (χ1) is 44.7. The number of hydrogen-bond acceptors (Lipinski definition) is 1. The van der Waals surface area contributed by atoms with E-state index in [1.807, 2.05) is 0 Å². The highest BCUT2D eigenvalue weighted by molar-refractivity contribution is 6.26. The quantitative estimate of drug-likeness (QED) is 0.151. The summed E-state index contributed by atoms with van der Waals surface area (Å²) in [5, 5.41) is 7.26. The van der Waals surface area contributed by atoms with Crippen LogP contribution in [0.3, 0.4) is 0 Å². The molecule has 20 rings (SSSR count). The van der Waals surface area contributed by atoms with E-state index in [-0.39, 0.29) is 11.8 Å². The standard InChI is InChI=1S/C88H56N2/c1-3-24-57(25-4-1)89(59-48-51-82-72(54-59)68-34-15-22-44-81(68)90(82)58-26-5-2-6-27-58)83-45-23-37-71-84(55-46-49-66-64-32-13-20-42-77(64)87(79(66)52-55)73-38-16-9-28-60(73)61-29-10-17-39-74(61)87)69-35-7-8-36-70(69)85(86(71)83)56-47-50-67-65-33-14-21-43-78(65)88(80(67)53-56)75-40-18-11-30-62(75)63-31-12-19-41-76(63)88/h1-54,62,75H. The molecule has 1 heterocycles. The Balaban J connectivity index is 0.902. The summed E-state index contributed by atoms with van der Waals surface area (Å²) in [6.45, 7) is 0. The van der Waals surface area contributed by atoms with Gasteiger partial charge >= 0.3 is 0 Å². The Morgan fingerprint density at radius 2 is 0.822 bits per heavy atom. The van der Waals surface area contributed by atoms with Gasteiger partial charge in [0, 0.05) is 45.1 Å². The maximum Gasteiger partial charge on any atom is 0.0725 e. The summed E-state index contributed by atoms with van der Waals surface area (Å²) in [5.41, 5.74) is 29.5. The second-order valence-electron chi connectivity index (χ2n) is 25.2. The molecule has 2 heteroatoms.